The van der Waals surface area contributed by atoms with E-state index in [0.29, 0.717) is 23.7 Å². The van der Waals surface area contributed by atoms with Gasteiger partial charge in [0.15, 0.2) is 11.5 Å². The van der Waals surface area contributed by atoms with Crippen molar-refractivity contribution in [2.24, 2.45) is 5.73 Å². The Morgan fingerprint density at radius 3 is 2.76 bits per heavy atom. The van der Waals surface area contributed by atoms with Crippen molar-refractivity contribution in [3.8, 4) is 5.75 Å². The Bertz CT molecular complexity index is 1170. The maximum absolute atomic E-state index is 11.9. The quantitative estimate of drug-likeness (QED) is 0.475. The molecule has 2 aromatic carbocycles. The number of benzene rings is 2. The van der Waals surface area contributed by atoms with E-state index in [1.807, 2.05) is 36.4 Å². The number of amides is 1. The van der Waals surface area contributed by atoms with E-state index in [2.05, 4.69) is 37.8 Å². The molecule has 172 valence electrons. The van der Waals surface area contributed by atoms with Gasteiger partial charge in [-0.05, 0) is 54.4 Å². The summed E-state index contributed by atoms with van der Waals surface area (Å²) in [5, 5.41) is 14.3. The highest BCUT2D eigenvalue weighted by Gasteiger charge is 2.19. The fraction of sp³-hybridized carbons (Fsp3) is 0.304. The minimum absolute atomic E-state index is 0.0586. The summed E-state index contributed by atoms with van der Waals surface area (Å²) < 4.78 is 10.8. The number of nitrogens with one attached hydrogen (secondary N) is 2. The molecule has 1 aromatic heterocycles. The van der Waals surface area contributed by atoms with Crippen LogP contribution in [0, 0.1) is 0 Å². The fourth-order valence-electron chi connectivity index (χ4n) is 3.79. The predicted octanol–water partition coefficient (Wildman–Crippen LogP) is 2.60. The first kappa shape index (κ1) is 22.4. The molecule has 33 heavy (non-hydrogen) atoms. The predicted molar refractivity (Wildman–Crippen MR) is 125 cm³/mol. The molecule has 4 N–H and O–H groups in total. The van der Waals surface area contributed by atoms with Crippen molar-refractivity contribution in [2.75, 3.05) is 38.4 Å². The molecule has 4 rings (SSSR count). The number of carbonyl (C=O) groups excluding carboxylic acids is 1. The number of ether oxygens (including phenoxy) is 2. The third kappa shape index (κ3) is 5.18. The number of carbonyl (C=O) groups is 1. The summed E-state index contributed by atoms with van der Waals surface area (Å²) in [4.78, 5) is 18.6. The van der Waals surface area contributed by atoms with Crippen LogP contribution in [-0.4, -0.2) is 53.8 Å². The number of fused-ring (bicyclic) bond motifs is 1. The van der Waals surface area contributed by atoms with Gasteiger partial charge in [0.05, 0.1) is 19.4 Å². The van der Waals surface area contributed by atoms with Crippen molar-refractivity contribution in [3.63, 3.8) is 0 Å². The monoisotopic (exact) mass is 449 g/mol. The summed E-state index contributed by atoms with van der Waals surface area (Å²) >= 11 is 0. The maximum Gasteiger partial charge on any atom is 0.273 e. The summed E-state index contributed by atoms with van der Waals surface area (Å²) in [6, 6.07) is 11.6. The van der Waals surface area contributed by atoms with Gasteiger partial charge in [-0.15, -0.1) is 10.2 Å². The summed E-state index contributed by atoms with van der Waals surface area (Å²) in [7, 11) is 5.34. The van der Waals surface area contributed by atoms with Crippen LogP contribution in [0.3, 0.4) is 0 Å². The van der Waals surface area contributed by atoms with Crippen molar-refractivity contribution in [1.82, 2.24) is 20.1 Å². The highest BCUT2D eigenvalue weighted by molar-refractivity contribution is 5.96. The summed E-state index contributed by atoms with van der Waals surface area (Å²) in [5.74, 6) is 0.360. The van der Waals surface area contributed by atoms with Gasteiger partial charge in [-0.25, -0.2) is 0 Å². The lowest BCUT2D eigenvalue weighted by Gasteiger charge is -2.26. The van der Waals surface area contributed by atoms with E-state index in [-0.39, 0.29) is 17.5 Å². The molecule has 3 aromatic rings. The molecule has 0 aliphatic carbocycles. The number of aromatic nitrogens is 3. The van der Waals surface area contributed by atoms with E-state index in [9.17, 15) is 4.79 Å². The zero-order valence-corrected chi connectivity index (χ0v) is 18.9. The summed E-state index contributed by atoms with van der Waals surface area (Å²) in [6.07, 6.45) is 0.962. The van der Waals surface area contributed by atoms with Crippen LogP contribution in [0.2, 0.25) is 0 Å². The molecule has 10 nitrogen and oxygen atoms in total. The number of anilines is 4. The highest BCUT2D eigenvalue weighted by Crippen LogP contribution is 2.33. The van der Waals surface area contributed by atoms with Gasteiger partial charge in [0.2, 0.25) is 5.95 Å². The van der Waals surface area contributed by atoms with Gasteiger partial charge >= 0.3 is 0 Å². The summed E-state index contributed by atoms with van der Waals surface area (Å²) in [6.45, 7) is 2.31. The first-order valence-electron chi connectivity index (χ1n) is 10.5. The average Bonchev–Trinajstić information content (AvgIpc) is 2.79. The third-order valence-electron chi connectivity index (χ3n) is 5.39. The van der Waals surface area contributed by atoms with Gasteiger partial charge in [0, 0.05) is 25.9 Å². The topological polar surface area (TPSA) is 128 Å². The van der Waals surface area contributed by atoms with Gasteiger partial charge in [-0.3, -0.25) is 4.79 Å². The molecule has 0 saturated heterocycles. The normalized spacial score (nSPS) is 13.3. The maximum atomic E-state index is 11.9. The number of primary amides is 1. The lowest BCUT2D eigenvalue weighted by atomic mass is 9.99. The molecule has 0 fully saturated rings. The molecule has 1 aliphatic rings. The Morgan fingerprint density at radius 1 is 1.15 bits per heavy atom. The smallest absolute Gasteiger partial charge is 0.273 e. The number of rotatable bonds is 8. The van der Waals surface area contributed by atoms with Crippen LogP contribution in [0.1, 0.15) is 27.2 Å². The van der Waals surface area contributed by atoms with Crippen LogP contribution in [0.15, 0.2) is 36.4 Å². The number of hydrogen-bond donors (Lipinski definition) is 3. The van der Waals surface area contributed by atoms with Crippen LogP contribution in [0.5, 0.6) is 5.75 Å². The van der Waals surface area contributed by atoms with E-state index in [0.717, 1.165) is 25.1 Å². The highest BCUT2D eigenvalue weighted by atomic mass is 16.5. The second-order valence-corrected chi connectivity index (χ2v) is 7.89. The van der Waals surface area contributed by atoms with Crippen LogP contribution in [0.4, 0.5) is 23.1 Å². The number of hydrogen-bond acceptors (Lipinski definition) is 9. The Balaban J connectivity index is 1.65. The molecule has 0 atom stereocenters. The van der Waals surface area contributed by atoms with Crippen LogP contribution < -0.4 is 21.1 Å². The van der Waals surface area contributed by atoms with E-state index in [1.165, 1.54) is 11.1 Å². The first-order valence-corrected chi connectivity index (χ1v) is 10.5. The van der Waals surface area contributed by atoms with Crippen molar-refractivity contribution in [3.05, 3.63) is 58.8 Å². The molecular formula is C23H27N7O3. The van der Waals surface area contributed by atoms with E-state index in [1.54, 1.807) is 14.2 Å². The van der Waals surface area contributed by atoms with Gasteiger partial charge in [0.1, 0.15) is 5.75 Å². The largest absolute Gasteiger partial charge is 0.495 e. The Kier molecular flexibility index (Phi) is 6.66. The zero-order valence-electron chi connectivity index (χ0n) is 18.9. The molecular weight excluding hydrogens is 422 g/mol. The molecule has 0 unspecified atom stereocenters. The Hall–Kier alpha value is -3.76. The fourth-order valence-corrected chi connectivity index (χ4v) is 3.79. The lowest BCUT2D eigenvalue weighted by Crippen LogP contribution is -2.26. The van der Waals surface area contributed by atoms with Crippen molar-refractivity contribution in [1.29, 1.82) is 0 Å². The molecule has 0 bridgehead atoms. The standard InChI is InChI=1S/C23H27N7O3/c1-30-8-7-15-11-19(33-3)18(10-16(15)12-30)26-23-27-22(20(21(24)31)28-29-23)25-17-6-4-5-14(9-17)13-32-2/h4-6,9-11H,7-8,12-13H2,1-3H3,(H2,24,31)(H2,25,26,27,29). The minimum Gasteiger partial charge on any atom is -0.495 e. The van der Waals surface area contributed by atoms with Gasteiger partial charge in [-0.1, -0.05) is 12.1 Å². The van der Waals surface area contributed by atoms with Crippen LogP contribution in [0.25, 0.3) is 0 Å². The number of nitrogens with two attached hydrogens (primary N) is 1. The van der Waals surface area contributed by atoms with Gasteiger partial charge in [-0.2, -0.15) is 4.98 Å². The number of methoxy groups -OCH3 is 2. The van der Waals surface area contributed by atoms with Gasteiger partial charge < -0.3 is 30.7 Å². The van der Waals surface area contributed by atoms with Gasteiger partial charge in [0.25, 0.3) is 5.91 Å². The second-order valence-electron chi connectivity index (χ2n) is 7.89. The molecule has 2 heterocycles. The molecule has 1 aliphatic heterocycles. The average molecular weight is 450 g/mol. The van der Waals surface area contributed by atoms with E-state index < -0.39 is 5.91 Å². The van der Waals surface area contributed by atoms with Crippen molar-refractivity contribution in [2.45, 2.75) is 19.6 Å². The number of likely N-dealkylation sites (N-methyl/N-ethyl adjacent to an activating group) is 1. The lowest BCUT2D eigenvalue weighted by molar-refractivity contribution is 0.0995. The van der Waals surface area contributed by atoms with Crippen molar-refractivity contribution < 1.29 is 14.3 Å². The molecule has 0 radical (unpaired) electrons. The summed E-state index contributed by atoms with van der Waals surface area (Å²) in [5.41, 5.74) is 10.3. The molecule has 10 heteroatoms. The molecule has 0 saturated carbocycles. The van der Waals surface area contributed by atoms with Crippen molar-refractivity contribution >= 4 is 29.0 Å². The SMILES string of the molecule is COCc1cccc(Nc2nc(Nc3cc4c(cc3OC)CCN(C)C4)nnc2C(N)=O)c1. The van der Waals surface area contributed by atoms with E-state index in [4.69, 9.17) is 15.2 Å². The Labute approximate surface area is 192 Å². The number of nitrogens with zero attached hydrogens (tertiary/aromatic N) is 4. The molecule has 1 amide bonds. The zero-order chi connectivity index (χ0) is 23.4. The van der Waals surface area contributed by atoms with E-state index >= 15 is 0 Å². The first-order chi connectivity index (χ1) is 16.0. The van der Waals surface area contributed by atoms with Crippen LogP contribution >= 0.6 is 0 Å². The third-order valence-corrected chi connectivity index (χ3v) is 5.39. The second kappa shape index (κ2) is 9.80. The molecule has 0 spiro atoms. The minimum atomic E-state index is -0.730. The Morgan fingerprint density at radius 2 is 2.00 bits per heavy atom. The van der Waals surface area contributed by atoms with Crippen LogP contribution in [-0.2, 0) is 24.3 Å².